The maximum atomic E-state index is 11.0. The van der Waals surface area contributed by atoms with Gasteiger partial charge in [-0.05, 0) is 17.5 Å². The highest BCUT2D eigenvalue weighted by molar-refractivity contribution is 5.77. The van der Waals surface area contributed by atoms with E-state index in [2.05, 4.69) is 19.2 Å². The van der Waals surface area contributed by atoms with Gasteiger partial charge >= 0.3 is 0 Å². The van der Waals surface area contributed by atoms with Crippen LogP contribution >= 0.6 is 0 Å². The molecule has 0 radical (unpaired) electrons. The molecule has 1 rings (SSSR count). The lowest BCUT2D eigenvalue weighted by atomic mass is 10.0. The zero-order chi connectivity index (χ0) is 11.3. The lowest BCUT2D eigenvalue weighted by molar-refractivity contribution is -0.122. The second-order valence-electron chi connectivity index (χ2n) is 3.65. The first-order valence-corrected chi connectivity index (χ1v) is 5.07. The van der Waals surface area contributed by atoms with Crippen LogP contribution in [0.15, 0.2) is 24.3 Å². The Balaban J connectivity index is 2.71. The van der Waals surface area contributed by atoms with Gasteiger partial charge in [-0.1, -0.05) is 32.0 Å². The lowest BCUT2D eigenvalue weighted by Gasteiger charge is -2.12. The van der Waals surface area contributed by atoms with Crippen LogP contribution in [0.1, 0.15) is 25.3 Å². The molecule has 1 N–H and O–H groups in total. The number of rotatable bonds is 4. The molecule has 0 fully saturated rings. The summed E-state index contributed by atoms with van der Waals surface area (Å²) >= 11 is 0. The second-order valence-corrected chi connectivity index (χ2v) is 3.65. The third kappa shape index (κ3) is 3.27. The summed E-state index contributed by atoms with van der Waals surface area (Å²) in [6, 6.07) is 7.79. The second kappa shape index (κ2) is 5.39. The van der Waals surface area contributed by atoms with Gasteiger partial charge in [0.05, 0.1) is 0 Å². The molecule has 0 heterocycles. The number of hydrogen-bond donors (Lipinski definition) is 1. The number of carbonyl (C=O) groups is 1. The molecular weight excluding hydrogens is 190 g/mol. The van der Waals surface area contributed by atoms with E-state index in [1.807, 2.05) is 24.3 Å². The van der Waals surface area contributed by atoms with Gasteiger partial charge in [-0.2, -0.15) is 0 Å². The summed E-state index contributed by atoms with van der Waals surface area (Å²) in [6.07, 6.45) is 0. The fourth-order valence-corrected chi connectivity index (χ4v) is 1.30. The Kier molecular flexibility index (Phi) is 4.16. The first kappa shape index (κ1) is 11.6. The van der Waals surface area contributed by atoms with Crippen LogP contribution < -0.4 is 10.1 Å². The summed E-state index contributed by atoms with van der Waals surface area (Å²) in [5, 5.41) is 2.52. The Morgan fingerprint density at radius 1 is 1.40 bits per heavy atom. The molecule has 0 aliphatic carbocycles. The van der Waals surface area contributed by atoms with Gasteiger partial charge in [0.2, 0.25) is 0 Å². The number of para-hydroxylation sites is 1. The standard InChI is InChI=1S/C12H17NO2/c1-9(2)10-6-4-5-7-11(10)15-8-12(14)13-3/h4-7,9H,8H2,1-3H3,(H,13,14). The molecule has 0 saturated heterocycles. The zero-order valence-electron chi connectivity index (χ0n) is 9.41. The summed E-state index contributed by atoms with van der Waals surface area (Å²) in [4.78, 5) is 11.0. The number of likely N-dealkylation sites (N-methyl/N-ethyl adjacent to an activating group) is 1. The van der Waals surface area contributed by atoms with Crippen molar-refractivity contribution in [2.24, 2.45) is 0 Å². The van der Waals surface area contributed by atoms with Gasteiger partial charge in [-0.15, -0.1) is 0 Å². The minimum Gasteiger partial charge on any atom is -0.483 e. The van der Waals surface area contributed by atoms with Crippen molar-refractivity contribution in [3.63, 3.8) is 0 Å². The van der Waals surface area contributed by atoms with E-state index in [0.717, 1.165) is 11.3 Å². The van der Waals surface area contributed by atoms with Crippen molar-refractivity contribution in [3.8, 4) is 5.75 Å². The van der Waals surface area contributed by atoms with E-state index < -0.39 is 0 Å². The van der Waals surface area contributed by atoms with Crippen molar-refractivity contribution in [3.05, 3.63) is 29.8 Å². The highest BCUT2D eigenvalue weighted by Gasteiger charge is 2.07. The first-order valence-electron chi connectivity index (χ1n) is 5.07. The number of carbonyl (C=O) groups excluding carboxylic acids is 1. The van der Waals surface area contributed by atoms with Crippen molar-refractivity contribution in [1.82, 2.24) is 5.32 Å². The van der Waals surface area contributed by atoms with Crippen molar-refractivity contribution in [1.29, 1.82) is 0 Å². The molecule has 82 valence electrons. The van der Waals surface area contributed by atoms with E-state index in [4.69, 9.17) is 4.74 Å². The molecule has 0 aromatic heterocycles. The highest BCUT2D eigenvalue weighted by Crippen LogP contribution is 2.25. The molecular formula is C12H17NO2. The maximum Gasteiger partial charge on any atom is 0.257 e. The molecule has 3 heteroatoms. The van der Waals surface area contributed by atoms with E-state index in [1.54, 1.807) is 7.05 Å². The predicted molar refractivity (Wildman–Crippen MR) is 60.1 cm³/mol. The topological polar surface area (TPSA) is 38.3 Å². The molecule has 1 aromatic carbocycles. The molecule has 0 saturated carbocycles. The van der Waals surface area contributed by atoms with Gasteiger partial charge in [-0.3, -0.25) is 4.79 Å². The normalized spacial score (nSPS) is 10.1. The van der Waals surface area contributed by atoms with E-state index in [9.17, 15) is 4.79 Å². The quantitative estimate of drug-likeness (QED) is 0.819. The van der Waals surface area contributed by atoms with E-state index in [1.165, 1.54) is 0 Å². The Hall–Kier alpha value is -1.51. The highest BCUT2D eigenvalue weighted by atomic mass is 16.5. The summed E-state index contributed by atoms with van der Waals surface area (Å²) < 4.78 is 5.44. The first-order chi connectivity index (χ1) is 7.15. The molecule has 0 unspecified atom stereocenters. The third-order valence-corrected chi connectivity index (χ3v) is 2.18. The molecule has 0 bridgehead atoms. The van der Waals surface area contributed by atoms with Crippen LogP contribution in [0.3, 0.4) is 0 Å². The van der Waals surface area contributed by atoms with Crippen LogP contribution in [0.4, 0.5) is 0 Å². The molecule has 1 amide bonds. The zero-order valence-corrected chi connectivity index (χ0v) is 9.41. The van der Waals surface area contributed by atoms with E-state index in [-0.39, 0.29) is 12.5 Å². The minimum atomic E-state index is -0.117. The molecule has 0 atom stereocenters. The fourth-order valence-electron chi connectivity index (χ4n) is 1.30. The Labute approximate surface area is 90.4 Å². The fraction of sp³-hybridized carbons (Fsp3) is 0.417. The van der Waals surface area contributed by atoms with Crippen LogP contribution in [0.25, 0.3) is 0 Å². The van der Waals surface area contributed by atoms with Gasteiger partial charge in [0.1, 0.15) is 5.75 Å². The third-order valence-electron chi connectivity index (χ3n) is 2.18. The van der Waals surface area contributed by atoms with Gasteiger partial charge in [0.25, 0.3) is 5.91 Å². The van der Waals surface area contributed by atoms with Crippen LogP contribution in [-0.4, -0.2) is 19.6 Å². The summed E-state index contributed by atoms with van der Waals surface area (Å²) in [6.45, 7) is 4.27. The van der Waals surface area contributed by atoms with E-state index >= 15 is 0 Å². The number of nitrogens with one attached hydrogen (secondary N) is 1. The van der Waals surface area contributed by atoms with Gasteiger partial charge in [0.15, 0.2) is 6.61 Å². The Morgan fingerprint density at radius 3 is 2.67 bits per heavy atom. The van der Waals surface area contributed by atoms with Gasteiger partial charge < -0.3 is 10.1 Å². The SMILES string of the molecule is CNC(=O)COc1ccccc1C(C)C. The molecule has 0 aliphatic heterocycles. The number of ether oxygens (including phenoxy) is 1. The van der Waals surface area contributed by atoms with Gasteiger partial charge in [-0.25, -0.2) is 0 Å². The van der Waals surface area contributed by atoms with Crippen molar-refractivity contribution in [2.45, 2.75) is 19.8 Å². The number of benzene rings is 1. The predicted octanol–water partition coefficient (Wildman–Crippen LogP) is 1.93. The van der Waals surface area contributed by atoms with Crippen LogP contribution in [0.5, 0.6) is 5.75 Å². The number of amides is 1. The average molecular weight is 207 g/mol. The molecule has 15 heavy (non-hydrogen) atoms. The van der Waals surface area contributed by atoms with Crippen molar-refractivity contribution in [2.75, 3.05) is 13.7 Å². The monoisotopic (exact) mass is 207 g/mol. The van der Waals surface area contributed by atoms with Crippen LogP contribution in [0.2, 0.25) is 0 Å². The lowest BCUT2D eigenvalue weighted by Crippen LogP contribution is -2.25. The maximum absolute atomic E-state index is 11.0. The average Bonchev–Trinajstić information content (AvgIpc) is 2.26. The van der Waals surface area contributed by atoms with Crippen molar-refractivity contribution < 1.29 is 9.53 Å². The molecule has 0 aliphatic rings. The molecule has 3 nitrogen and oxygen atoms in total. The van der Waals surface area contributed by atoms with Gasteiger partial charge in [0, 0.05) is 7.05 Å². The van der Waals surface area contributed by atoms with E-state index in [0.29, 0.717) is 5.92 Å². The number of hydrogen-bond acceptors (Lipinski definition) is 2. The Morgan fingerprint density at radius 2 is 2.07 bits per heavy atom. The summed E-state index contributed by atoms with van der Waals surface area (Å²) in [5.41, 5.74) is 1.13. The molecule has 1 aromatic rings. The van der Waals surface area contributed by atoms with Crippen LogP contribution in [-0.2, 0) is 4.79 Å². The summed E-state index contributed by atoms with van der Waals surface area (Å²) in [7, 11) is 1.60. The van der Waals surface area contributed by atoms with Crippen LogP contribution in [0, 0.1) is 0 Å². The Bertz CT molecular complexity index is 334. The minimum absolute atomic E-state index is 0.0697. The largest absolute Gasteiger partial charge is 0.483 e. The molecule has 0 spiro atoms. The van der Waals surface area contributed by atoms with Crippen molar-refractivity contribution >= 4 is 5.91 Å². The smallest absolute Gasteiger partial charge is 0.257 e. The summed E-state index contributed by atoms with van der Waals surface area (Å²) in [5.74, 6) is 1.07.